The van der Waals surface area contributed by atoms with Crippen LogP contribution in [0.15, 0.2) is 22.7 Å². The summed E-state index contributed by atoms with van der Waals surface area (Å²) in [5, 5.41) is 0.0121. The van der Waals surface area contributed by atoms with E-state index in [1.54, 1.807) is 0 Å². The molecule has 0 aliphatic carbocycles. The van der Waals surface area contributed by atoms with E-state index < -0.39 is 5.82 Å². The van der Waals surface area contributed by atoms with Crippen molar-refractivity contribution in [3.05, 3.63) is 39.3 Å². The second-order valence-electron chi connectivity index (χ2n) is 4.10. The molecule has 0 saturated carbocycles. The van der Waals surface area contributed by atoms with Crippen LogP contribution < -0.4 is 10.5 Å². The molecule has 0 bridgehead atoms. The van der Waals surface area contributed by atoms with Gasteiger partial charge in [-0.15, -0.1) is 0 Å². The molecule has 0 aliphatic heterocycles. The van der Waals surface area contributed by atoms with Gasteiger partial charge in [0.15, 0.2) is 0 Å². The van der Waals surface area contributed by atoms with Crippen LogP contribution in [0.25, 0.3) is 0 Å². The van der Waals surface area contributed by atoms with Crippen molar-refractivity contribution in [2.24, 2.45) is 0 Å². The lowest BCUT2D eigenvalue weighted by Crippen LogP contribution is -2.01. The summed E-state index contributed by atoms with van der Waals surface area (Å²) < 4.78 is 19.5. The molecule has 0 aliphatic rings. The van der Waals surface area contributed by atoms with Gasteiger partial charge in [0.2, 0.25) is 5.88 Å². The van der Waals surface area contributed by atoms with Crippen LogP contribution in [0.4, 0.5) is 10.2 Å². The minimum Gasteiger partial charge on any atom is -0.438 e. The highest BCUT2D eigenvalue weighted by Crippen LogP contribution is 2.33. The molecule has 1 aromatic heterocycles. The second-order valence-corrected chi connectivity index (χ2v) is 5.36. The lowest BCUT2D eigenvalue weighted by molar-refractivity contribution is 0.451. The Morgan fingerprint density at radius 3 is 2.80 bits per heavy atom. The van der Waals surface area contributed by atoms with Crippen molar-refractivity contribution in [2.45, 2.75) is 19.8 Å². The number of anilines is 1. The minimum atomic E-state index is -0.569. The van der Waals surface area contributed by atoms with Crippen LogP contribution in [-0.4, -0.2) is 9.97 Å². The number of nitrogens with two attached hydrogens (primary N) is 1. The Morgan fingerprint density at radius 1 is 1.35 bits per heavy atom. The molecule has 0 amide bonds. The molecule has 0 fully saturated rings. The van der Waals surface area contributed by atoms with Crippen molar-refractivity contribution in [3.8, 4) is 11.6 Å². The van der Waals surface area contributed by atoms with E-state index in [0.717, 1.165) is 6.42 Å². The summed E-state index contributed by atoms with van der Waals surface area (Å²) in [6.45, 7) is 2.01. The number of benzene rings is 1. The zero-order valence-corrected chi connectivity index (χ0v) is 13.0. The molecular weight excluding hydrogens is 349 g/mol. The average molecular weight is 361 g/mol. The number of nitrogen functional groups attached to an aromatic ring is 1. The van der Waals surface area contributed by atoms with E-state index >= 15 is 0 Å². The standard InChI is InChI=1S/C13H12BrClFN3O/c1-2-3-12-18-11(17)6-13(19-12)20-10-5-9(16)8(15)4-7(10)14/h4-6H,2-3H2,1H3,(H2,17,18,19). The summed E-state index contributed by atoms with van der Waals surface area (Å²) in [4.78, 5) is 8.32. The molecule has 2 aromatic rings. The number of nitrogens with zero attached hydrogens (tertiary/aromatic N) is 2. The van der Waals surface area contributed by atoms with Gasteiger partial charge in [0, 0.05) is 18.6 Å². The molecular formula is C13H12BrClFN3O. The van der Waals surface area contributed by atoms with Crippen LogP contribution in [0.2, 0.25) is 5.02 Å². The first-order chi connectivity index (χ1) is 9.49. The average Bonchev–Trinajstić information content (AvgIpc) is 2.35. The monoisotopic (exact) mass is 359 g/mol. The van der Waals surface area contributed by atoms with Crippen LogP contribution in [0.5, 0.6) is 11.6 Å². The molecule has 0 saturated heterocycles. The first-order valence-electron chi connectivity index (χ1n) is 5.95. The van der Waals surface area contributed by atoms with E-state index in [-0.39, 0.29) is 16.7 Å². The maximum absolute atomic E-state index is 13.5. The SMILES string of the molecule is CCCc1nc(N)cc(Oc2cc(F)c(Cl)cc2Br)n1. The van der Waals surface area contributed by atoms with Gasteiger partial charge in [-0.25, -0.2) is 9.37 Å². The van der Waals surface area contributed by atoms with Gasteiger partial charge in [0.1, 0.15) is 23.2 Å². The van der Waals surface area contributed by atoms with E-state index in [9.17, 15) is 4.39 Å². The molecule has 4 nitrogen and oxygen atoms in total. The van der Waals surface area contributed by atoms with E-state index in [2.05, 4.69) is 25.9 Å². The summed E-state index contributed by atoms with van der Waals surface area (Å²) in [7, 11) is 0. The van der Waals surface area contributed by atoms with Crippen molar-refractivity contribution in [1.82, 2.24) is 9.97 Å². The molecule has 0 unspecified atom stereocenters. The zero-order valence-electron chi connectivity index (χ0n) is 10.7. The number of ether oxygens (including phenoxy) is 1. The maximum atomic E-state index is 13.5. The van der Waals surface area contributed by atoms with E-state index in [1.807, 2.05) is 6.92 Å². The highest BCUT2D eigenvalue weighted by molar-refractivity contribution is 9.10. The Morgan fingerprint density at radius 2 is 2.10 bits per heavy atom. The summed E-state index contributed by atoms with van der Waals surface area (Å²) in [6.07, 6.45) is 1.58. The van der Waals surface area contributed by atoms with Crippen LogP contribution in [0, 0.1) is 5.82 Å². The van der Waals surface area contributed by atoms with Crippen LogP contribution in [-0.2, 0) is 6.42 Å². The normalized spacial score (nSPS) is 10.6. The Bertz CT molecular complexity index is 639. The summed E-state index contributed by atoms with van der Waals surface area (Å²) in [5.74, 6) is 0.869. The quantitative estimate of drug-likeness (QED) is 0.823. The molecule has 1 heterocycles. The third-order valence-corrected chi connectivity index (χ3v) is 3.34. The summed E-state index contributed by atoms with van der Waals surface area (Å²) in [6, 6.07) is 4.09. The number of rotatable bonds is 4. The molecule has 7 heteroatoms. The summed E-state index contributed by atoms with van der Waals surface area (Å²) in [5.41, 5.74) is 5.70. The van der Waals surface area contributed by atoms with E-state index in [1.165, 1.54) is 18.2 Å². The topological polar surface area (TPSA) is 61.0 Å². The molecule has 1 aromatic carbocycles. The minimum absolute atomic E-state index is 0.0121. The largest absolute Gasteiger partial charge is 0.438 e. The summed E-state index contributed by atoms with van der Waals surface area (Å²) >= 11 is 8.93. The van der Waals surface area contributed by atoms with Gasteiger partial charge < -0.3 is 10.5 Å². The number of hydrogen-bond acceptors (Lipinski definition) is 4. The maximum Gasteiger partial charge on any atom is 0.224 e. The third-order valence-electron chi connectivity index (χ3n) is 2.43. The van der Waals surface area contributed by atoms with Crippen molar-refractivity contribution in [2.75, 3.05) is 5.73 Å². The Hall–Kier alpha value is -1.40. The van der Waals surface area contributed by atoms with Crippen molar-refractivity contribution in [3.63, 3.8) is 0 Å². The molecule has 0 spiro atoms. The van der Waals surface area contributed by atoms with Crippen LogP contribution in [0.3, 0.4) is 0 Å². The van der Waals surface area contributed by atoms with Crippen LogP contribution in [0.1, 0.15) is 19.2 Å². The molecule has 20 heavy (non-hydrogen) atoms. The number of halogens is 3. The molecule has 0 radical (unpaired) electrons. The molecule has 0 atom stereocenters. The number of hydrogen-bond donors (Lipinski definition) is 1. The lowest BCUT2D eigenvalue weighted by atomic mass is 10.3. The lowest BCUT2D eigenvalue weighted by Gasteiger charge is -2.09. The van der Waals surface area contributed by atoms with Gasteiger partial charge >= 0.3 is 0 Å². The smallest absolute Gasteiger partial charge is 0.224 e. The molecule has 2 rings (SSSR count). The van der Waals surface area contributed by atoms with Gasteiger partial charge in [0.25, 0.3) is 0 Å². The van der Waals surface area contributed by atoms with Crippen molar-refractivity contribution in [1.29, 1.82) is 0 Å². The zero-order chi connectivity index (χ0) is 14.7. The predicted molar refractivity (Wildman–Crippen MR) is 79.6 cm³/mol. The van der Waals surface area contributed by atoms with Crippen LogP contribution >= 0.6 is 27.5 Å². The Labute approximate surface area is 129 Å². The van der Waals surface area contributed by atoms with E-state index in [4.69, 9.17) is 22.1 Å². The Kier molecular flexibility index (Phi) is 4.77. The van der Waals surface area contributed by atoms with Gasteiger partial charge in [-0.1, -0.05) is 18.5 Å². The highest BCUT2D eigenvalue weighted by atomic mass is 79.9. The van der Waals surface area contributed by atoms with E-state index in [0.29, 0.717) is 22.5 Å². The fraction of sp³-hybridized carbons (Fsp3) is 0.231. The van der Waals surface area contributed by atoms with Crippen molar-refractivity contribution < 1.29 is 9.13 Å². The number of aryl methyl sites for hydroxylation is 1. The first kappa shape index (κ1) is 15.0. The molecule has 2 N–H and O–H groups in total. The number of aromatic nitrogens is 2. The fourth-order valence-corrected chi connectivity index (χ4v) is 2.29. The second kappa shape index (κ2) is 6.37. The Balaban J connectivity index is 2.32. The van der Waals surface area contributed by atoms with Gasteiger partial charge in [-0.05, 0) is 28.4 Å². The highest BCUT2D eigenvalue weighted by Gasteiger charge is 2.11. The molecule has 106 valence electrons. The van der Waals surface area contributed by atoms with Crippen molar-refractivity contribution >= 4 is 33.3 Å². The van der Waals surface area contributed by atoms with Gasteiger partial charge in [-0.2, -0.15) is 4.98 Å². The predicted octanol–water partition coefficient (Wildman–Crippen LogP) is 4.36. The van der Waals surface area contributed by atoms with Gasteiger partial charge in [-0.3, -0.25) is 0 Å². The fourth-order valence-electron chi connectivity index (χ4n) is 1.58. The third kappa shape index (κ3) is 3.58. The van der Waals surface area contributed by atoms with Gasteiger partial charge in [0.05, 0.1) is 9.50 Å². The first-order valence-corrected chi connectivity index (χ1v) is 7.12.